The first-order valence-corrected chi connectivity index (χ1v) is 5.79. The molecule has 0 aliphatic rings. The highest BCUT2D eigenvalue weighted by atomic mass is 16.5. The third kappa shape index (κ3) is 2.74. The zero-order chi connectivity index (χ0) is 13.0. The van der Waals surface area contributed by atoms with Gasteiger partial charge in [0.25, 0.3) is 0 Å². The van der Waals surface area contributed by atoms with Crippen molar-refractivity contribution >= 4 is 6.29 Å². The van der Waals surface area contributed by atoms with Gasteiger partial charge in [-0.3, -0.25) is 9.78 Å². The number of aryl methyl sites for hydroxylation is 2. The van der Waals surface area contributed by atoms with Gasteiger partial charge in [0.1, 0.15) is 18.6 Å². The Morgan fingerprint density at radius 3 is 2.33 bits per heavy atom. The van der Waals surface area contributed by atoms with E-state index in [0.717, 1.165) is 28.7 Å². The maximum Gasteiger partial charge on any atom is 0.150 e. The van der Waals surface area contributed by atoms with Crippen LogP contribution in [0, 0.1) is 13.8 Å². The lowest BCUT2D eigenvalue weighted by Gasteiger charge is -2.12. The lowest BCUT2D eigenvalue weighted by molar-refractivity contribution is 0.112. The second-order valence-corrected chi connectivity index (χ2v) is 4.25. The average Bonchev–Trinajstić information content (AvgIpc) is 2.38. The first-order chi connectivity index (χ1) is 8.70. The largest absolute Gasteiger partial charge is 0.488 e. The molecule has 1 aromatic carbocycles. The van der Waals surface area contributed by atoms with Crippen molar-refractivity contribution in [1.82, 2.24) is 4.98 Å². The van der Waals surface area contributed by atoms with Crippen LogP contribution in [0.15, 0.2) is 36.7 Å². The lowest BCUT2D eigenvalue weighted by Crippen LogP contribution is -2.00. The first kappa shape index (κ1) is 12.3. The Labute approximate surface area is 106 Å². The second kappa shape index (κ2) is 5.45. The van der Waals surface area contributed by atoms with Crippen molar-refractivity contribution in [1.29, 1.82) is 0 Å². The molecule has 0 aliphatic carbocycles. The number of aldehydes is 1. The van der Waals surface area contributed by atoms with Gasteiger partial charge in [-0.2, -0.15) is 0 Å². The number of carbonyl (C=O) groups excluding carboxylic acids is 1. The monoisotopic (exact) mass is 241 g/mol. The van der Waals surface area contributed by atoms with Crippen LogP contribution >= 0.6 is 0 Å². The summed E-state index contributed by atoms with van der Waals surface area (Å²) in [7, 11) is 0. The number of ether oxygens (including phenoxy) is 1. The normalized spacial score (nSPS) is 10.1. The lowest BCUT2D eigenvalue weighted by atomic mass is 10.1. The molecule has 0 atom stereocenters. The summed E-state index contributed by atoms with van der Waals surface area (Å²) >= 11 is 0. The van der Waals surface area contributed by atoms with Crippen molar-refractivity contribution in [2.75, 3.05) is 0 Å². The number of hydrogen-bond acceptors (Lipinski definition) is 3. The van der Waals surface area contributed by atoms with Gasteiger partial charge in [-0.25, -0.2) is 0 Å². The molecule has 3 heteroatoms. The number of benzene rings is 1. The molecular formula is C15H15NO2. The summed E-state index contributed by atoms with van der Waals surface area (Å²) in [4.78, 5) is 14.7. The summed E-state index contributed by atoms with van der Waals surface area (Å²) in [5.74, 6) is 0.845. The molecule has 0 fully saturated rings. The smallest absolute Gasteiger partial charge is 0.150 e. The van der Waals surface area contributed by atoms with Crippen molar-refractivity contribution in [3.63, 3.8) is 0 Å². The molecule has 0 saturated heterocycles. The van der Waals surface area contributed by atoms with Crippen LogP contribution in [0.1, 0.15) is 27.0 Å². The van der Waals surface area contributed by atoms with Gasteiger partial charge in [-0.15, -0.1) is 0 Å². The molecule has 1 aromatic heterocycles. The van der Waals surface area contributed by atoms with Gasteiger partial charge in [0.15, 0.2) is 0 Å². The van der Waals surface area contributed by atoms with E-state index in [1.54, 1.807) is 12.4 Å². The van der Waals surface area contributed by atoms with E-state index in [-0.39, 0.29) is 0 Å². The molecule has 18 heavy (non-hydrogen) atoms. The van der Waals surface area contributed by atoms with E-state index in [2.05, 4.69) is 4.98 Å². The predicted molar refractivity (Wildman–Crippen MR) is 69.9 cm³/mol. The molecule has 0 N–H and O–H groups in total. The highest BCUT2D eigenvalue weighted by Crippen LogP contribution is 2.25. The first-order valence-electron chi connectivity index (χ1n) is 5.79. The molecule has 0 spiro atoms. The number of rotatable bonds is 4. The molecule has 0 unspecified atom stereocenters. The standard InChI is InChI=1S/C15H15NO2/c1-11-7-14(9-17)8-12(2)15(11)18-10-13-3-5-16-6-4-13/h3-9H,10H2,1-2H3. The van der Waals surface area contributed by atoms with E-state index >= 15 is 0 Å². The molecule has 0 radical (unpaired) electrons. The van der Waals surface area contributed by atoms with E-state index in [1.165, 1.54) is 0 Å². The van der Waals surface area contributed by atoms with Crippen molar-refractivity contribution in [2.45, 2.75) is 20.5 Å². The summed E-state index contributed by atoms with van der Waals surface area (Å²) in [6.45, 7) is 4.40. The molecule has 0 amide bonds. The van der Waals surface area contributed by atoms with Crippen LogP contribution in [0.2, 0.25) is 0 Å². The molecule has 0 aliphatic heterocycles. The number of hydrogen-bond donors (Lipinski definition) is 0. The summed E-state index contributed by atoms with van der Waals surface area (Å²) < 4.78 is 5.81. The van der Waals surface area contributed by atoms with E-state index in [9.17, 15) is 4.79 Å². The van der Waals surface area contributed by atoms with Gasteiger partial charge >= 0.3 is 0 Å². The minimum atomic E-state index is 0.505. The van der Waals surface area contributed by atoms with Crippen LogP contribution < -0.4 is 4.74 Å². The van der Waals surface area contributed by atoms with Crippen LogP contribution in [0.5, 0.6) is 5.75 Å². The maximum absolute atomic E-state index is 10.8. The van der Waals surface area contributed by atoms with Gasteiger partial charge in [-0.1, -0.05) is 0 Å². The van der Waals surface area contributed by atoms with E-state index in [4.69, 9.17) is 4.74 Å². The highest BCUT2D eigenvalue weighted by Gasteiger charge is 2.06. The Bertz CT molecular complexity index is 527. The Morgan fingerprint density at radius 1 is 1.17 bits per heavy atom. The fourth-order valence-electron chi connectivity index (χ4n) is 1.91. The molecule has 92 valence electrons. The van der Waals surface area contributed by atoms with Crippen molar-refractivity contribution in [3.8, 4) is 5.75 Å². The highest BCUT2D eigenvalue weighted by molar-refractivity contribution is 5.76. The zero-order valence-corrected chi connectivity index (χ0v) is 10.5. The van der Waals surface area contributed by atoms with Gasteiger partial charge in [0.2, 0.25) is 0 Å². The predicted octanol–water partition coefficient (Wildman–Crippen LogP) is 3.09. The Hall–Kier alpha value is -2.16. The van der Waals surface area contributed by atoms with Crippen LogP contribution in [-0.2, 0) is 6.61 Å². The molecule has 0 saturated carbocycles. The number of aromatic nitrogens is 1. The van der Waals surface area contributed by atoms with Crippen LogP contribution in [-0.4, -0.2) is 11.3 Å². The minimum Gasteiger partial charge on any atom is -0.488 e. The second-order valence-electron chi connectivity index (χ2n) is 4.25. The van der Waals surface area contributed by atoms with Gasteiger partial charge in [0, 0.05) is 18.0 Å². The van der Waals surface area contributed by atoms with Crippen LogP contribution in [0.4, 0.5) is 0 Å². The molecule has 2 aromatic rings. The van der Waals surface area contributed by atoms with E-state index in [0.29, 0.717) is 12.2 Å². The third-order valence-corrected chi connectivity index (χ3v) is 2.75. The molecule has 3 nitrogen and oxygen atoms in total. The number of nitrogens with zero attached hydrogens (tertiary/aromatic N) is 1. The molecular weight excluding hydrogens is 226 g/mol. The molecule has 2 rings (SSSR count). The maximum atomic E-state index is 10.8. The summed E-state index contributed by atoms with van der Waals surface area (Å²) in [6, 6.07) is 7.51. The topological polar surface area (TPSA) is 39.2 Å². The fourth-order valence-corrected chi connectivity index (χ4v) is 1.91. The third-order valence-electron chi connectivity index (χ3n) is 2.75. The fraction of sp³-hybridized carbons (Fsp3) is 0.200. The van der Waals surface area contributed by atoms with Gasteiger partial charge in [0.05, 0.1) is 0 Å². The average molecular weight is 241 g/mol. The minimum absolute atomic E-state index is 0.505. The SMILES string of the molecule is Cc1cc(C=O)cc(C)c1OCc1ccncc1. The van der Waals surface area contributed by atoms with Gasteiger partial charge < -0.3 is 4.74 Å². The van der Waals surface area contributed by atoms with Gasteiger partial charge in [-0.05, 0) is 54.8 Å². The number of carbonyl (C=O) groups is 1. The number of pyridine rings is 1. The zero-order valence-electron chi connectivity index (χ0n) is 10.5. The summed E-state index contributed by atoms with van der Waals surface area (Å²) in [6.07, 6.45) is 4.34. The molecule has 1 heterocycles. The van der Waals surface area contributed by atoms with Crippen molar-refractivity contribution in [2.24, 2.45) is 0 Å². The molecule has 0 bridgehead atoms. The van der Waals surface area contributed by atoms with E-state index in [1.807, 2.05) is 38.1 Å². The van der Waals surface area contributed by atoms with Crippen LogP contribution in [0.25, 0.3) is 0 Å². The Kier molecular flexibility index (Phi) is 3.72. The van der Waals surface area contributed by atoms with E-state index < -0.39 is 0 Å². The quantitative estimate of drug-likeness (QED) is 0.772. The van der Waals surface area contributed by atoms with Crippen molar-refractivity contribution in [3.05, 3.63) is 58.9 Å². The Morgan fingerprint density at radius 2 is 1.78 bits per heavy atom. The van der Waals surface area contributed by atoms with Crippen molar-refractivity contribution < 1.29 is 9.53 Å². The summed E-state index contributed by atoms with van der Waals surface area (Å²) in [5, 5.41) is 0. The Balaban J connectivity index is 2.17. The van der Waals surface area contributed by atoms with Crippen LogP contribution in [0.3, 0.4) is 0 Å². The summed E-state index contributed by atoms with van der Waals surface area (Å²) in [5.41, 5.74) is 3.71.